The predicted octanol–water partition coefficient (Wildman–Crippen LogP) is 4.80. The van der Waals surface area contributed by atoms with Gasteiger partial charge in [0.05, 0.1) is 0 Å². The number of anilines is 1. The molecule has 0 atom stereocenters. The van der Waals surface area contributed by atoms with Gasteiger partial charge in [-0.2, -0.15) is 0 Å². The van der Waals surface area contributed by atoms with Crippen molar-refractivity contribution < 1.29 is 0 Å². The van der Waals surface area contributed by atoms with Gasteiger partial charge in [-0.1, -0.05) is 43.8 Å². The zero-order valence-corrected chi connectivity index (χ0v) is 14.2. The quantitative estimate of drug-likeness (QED) is 0.805. The molecule has 0 amide bonds. The van der Waals surface area contributed by atoms with E-state index in [2.05, 4.69) is 69.2 Å². The Kier molecular flexibility index (Phi) is 5.23. The Balaban J connectivity index is 2.44. The van der Waals surface area contributed by atoms with Crippen molar-refractivity contribution in [3.8, 4) is 0 Å². The highest BCUT2D eigenvalue weighted by molar-refractivity contribution is 7.99. The summed E-state index contributed by atoms with van der Waals surface area (Å²) in [6.45, 7) is 11.4. The number of aromatic nitrogens is 2. The highest BCUT2D eigenvalue weighted by atomic mass is 32.2. The minimum atomic E-state index is 0.319. The minimum Gasteiger partial charge on any atom is -0.370 e. The Bertz CT molecular complexity index is 623. The van der Waals surface area contributed by atoms with Gasteiger partial charge in [0.2, 0.25) is 0 Å². The molecule has 0 aliphatic carbocycles. The average molecular weight is 301 g/mol. The number of nitrogens with zero attached hydrogens (tertiary/aromatic N) is 2. The third kappa shape index (κ3) is 3.76. The fourth-order valence-corrected chi connectivity index (χ4v) is 2.96. The fourth-order valence-electron chi connectivity index (χ4n) is 1.98. The van der Waals surface area contributed by atoms with Gasteiger partial charge < -0.3 is 5.32 Å². The van der Waals surface area contributed by atoms with Crippen molar-refractivity contribution in [2.24, 2.45) is 0 Å². The summed E-state index contributed by atoms with van der Waals surface area (Å²) in [4.78, 5) is 10.7. The summed E-state index contributed by atoms with van der Waals surface area (Å²) in [7, 11) is 0. The lowest BCUT2D eigenvalue weighted by Gasteiger charge is -2.15. The largest absolute Gasteiger partial charge is 0.370 e. The molecule has 0 unspecified atom stereocenters. The zero-order valence-electron chi connectivity index (χ0n) is 13.4. The maximum absolute atomic E-state index is 4.76. The number of benzene rings is 1. The average Bonchev–Trinajstić information content (AvgIpc) is 2.45. The van der Waals surface area contributed by atoms with Crippen molar-refractivity contribution >= 4 is 17.6 Å². The Morgan fingerprint density at radius 3 is 2.48 bits per heavy atom. The van der Waals surface area contributed by atoms with Crippen molar-refractivity contribution in [2.75, 3.05) is 11.9 Å². The molecule has 0 aliphatic rings. The lowest BCUT2D eigenvalue weighted by molar-refractivity contribution is 0.748. The van der Waals surface area contributed by atoms with Crippen LogP contribution in [0.1, 0.15) is 43.6 Å². The highest BCUT2D eigenvalue weighted by Crippen LogP contribution is 2.33. The van der Waals surface area contributed by atoms with Gasteiger partial charge in [0.15, 0.2) is 0 Å². The second kappa shape index (κ2) is 6.94. The van der Waals surface area contributed by atoms with E-state index < -0.39 is 0 Å². The summed E-state index contributed by atoms with van der Waals surface area (Å²) >= 11 is 1.72. The maximum Gasteiger partial charge on any atom is 0.134 e. The van der Waals surface area contributed by atoms with Gasteiger partial charge in [-0.05, 0) is 32.4 Å². The topological polar surface area (TPSA) is 37.8 Å². The second-order valence-corrected chi connectivity index (χ2v) is 6.44. The van der Waals surface area contributed by atoms with Crippen LogP contribution in [0.4, 0.5) is 5.82 Å². The summed E-state index contributed by atoms with van der Waals surface area (Å²) in [6, 6.07) is 8.41. The van der Waals surface area contributed by atoms with E-state index in [9.17, 15) is 0 Å². The Labute approximate surface area is 131 Å². The number of aryl methyl sites for hydroxylation is 1. The van der Waals surface area contributed by atoms with Gasteiger partial charge in [0, 0.05) is 22.9 Å². The van der Waals surface area contributed by atoms with E-state index in [4.69, 9.17) is 4.98 Å². The van der Waals surface area contributed by atoms with E-state index in [1.165, 1.54) is 10.5 Å². The molecule has 0 bridgehead atoms. The van der Waals surface area contributed by atoms with Crippen LogP contribution in [0.5, 0.6) is 0 Å². The van der Waals surface area contributed by atoms with Crippen LogP contribution in [0.15, 0.2) is 34.2 Å². The molecular formula is C17H23N3S. The van der Waals surface area contributed by atoms with E-state index >= 15 is 0 Å². The van der Waals surface area contributed by atoms with Gasteiger partial charge in [-0.25, -0.2) is 9.97 Å². The van der Waals surface area contributed by atoms with Crippen LogP contribution in [0, 0.1) is 13.8 Å². The third-order valence-corrected chi connectivity index (χ3v) is 4.55. The molecule has 0 aliphatic heterocycles. The molecule has 1 aromatic heterocycles. The Hall–Kier alpha value is -1.55. The van der Waals surface area contributed by atoms with Crippen LogP contribution in [0.3, 0.4) is 0 Å². The molecule has 3 nitrogen and oxygen atoms in total. The molecule has 4 heteroatoms. The molecule has 1 aromatic carbocycles. The lowest BCUT2D eigenvalue weighted by Crippen LogP contribution is -2.08. The van der Waals surface area contributed by atoms with Crippen LogP contribution >= 0.6 is 11.8 Å². The molecule has 0 fully saturated rings. The minimum absolute atomic E-state index is 0.319. The van der Waals surface area contributed by atoms with E-state index in [-0.39, 0.29) is 0 Å². The summed E-state index contributed by atoms with van der Waals surface area (Å²) in [5, 5.41) is 4.39. The van der Waals surface area contributed by atoms with E-state index in [0.29, 0.717) is 5.92 Å². The molecule has 2 aromatic rings. The Morgan fingerprint density at radius 2 is 1.86 bits per heavy atom. The summed E-state index contributed by atoms with van der Waals surface area (Å²) in [6.07, 6.45) is 0. The van der Waals surface area contributed by atoms with E-state index in [1.54, 1.807) is 11.8 Å². The standard InChI is InChI=1S/C17H23N3S/c1-6-18-16-13(5)17(20-15(19-16)11(2)3)21-14-10-8-7-9-12(14)4/h7-11H,6H2,1-5H3,(H,18,19,20). The number of rotatable bonds is 5. The van der Waals surface area contributed by atoms with Crippen LogP contribution < -0.4 is 5.32 Å². The van der Waals surface area contributed by atoms with Crippen molar-refractivity contribution in [3.63, 3.8) is 0 Å². The van der Waals surface area contributed by atoms with Crippen molar-refractivity contribution in [2.45, 2.75) is 50.5 Å². The number of nitrogens with one attached hydrogen (secondary N) is 1. The first kappa shape index (κ1) is 15.8. The van der Waals surface area contributed by atoms with Crippen LogP contribution in [0.25, 0.3) is 0 Å². The molecule has 1 heterocycles. The molecule has 112 valence electrons. The van der Waals surface area contributed by atoms with Crippen molar-refractivity contribution in [1.29, 1.82) is 0 Å². The fraction of sp³-hybridized carbons (Fsp3) is 0.412. The van der Waals surface area contributed by atoms with Gasteiger partial charge in [-0.3, -0.25) is 0 Å². The van der Waals surface area contributed by atoms with Crippen molar-refractivity contribution in [3.05, 3.63) is 41.2 Å². The van der Waals surface area contributed by atoms with Gasteiger partial charge in [0.1, 0.15) is 16.7 Å². The molecule has 1 N–H and O–H groups in total. The molecule has 0 radical (unpaired) electrons. The molecular weight excluding hydrogens is 278 g/mol. The SMILES string of the molecule is CCNc1nc(C(C)C)nc(Sc2ccccc2C)c1C. The molecule has 0 saturated carbocycles. The van der Waals surface area contributed by atoms with Gasteiger partial charge in [-0.15, -0.1) is 0 Å². The Morgan fingerprint density at radius 1 is 1.14 bits per heavy atom. The van der Waals surface area contributed by atoms with Crippen LogP contribution in [-0.4, -0.2) is 16.5 Å². The normalized spacial score (nSPS) is 11.0. The second-order valence-electron chi connectivity index (χ2n) is 5.41. The van der Waals surface area contributed by atoms with Crippen LogP contribution in [-0.2, 0) is 0 Å². The first-order valence-electron chi connectivity index (χ1n) is 7.38. The number of hydrogen-bond donors (Lipinski definition) is 1. The lowest BCUT2D eigenvalue weighted by atomic mass is 10.2. The molecule has 21 heavy (non-hydrogen) atoms. The zero-order chi connectivity index (χ0) is 15.4. The monoisotopic (exact) mass is 301 g/mol. The van der Waals surface area contributed by atoms with Crippen LogP contribution in [0.2, 0.25) is 0 Å². The smallest absolute Gasteiger partial charge is 0.134 e. The summed E-state index contributed by atoms with van der Waals surface area (Å²) in [5.74, 6) is 2.17. The van der Waals surface area contributed by atoms with Gasteiger partial charge in [0.25, 0.3) is 0 Å². The first-order chi connectivity index (χ1) is 10.0. The molecule has 0 spiro atoms. The number of hydrogen-bond acceptors (Lipinski definition) is 4. The molecule has 0 saturated heterocycles. The third-order valence-electron chi connectivity index (χ3n) is 3.28. The first-order valence-corrected chi connectivity index (χ1v) is 8.20. The molecule has 2 rings (SSSR count). The predicted molar refractivity (Wildman–Crippen MR) is 90.3 cm³/mol. The highest BCUT2D eigenvalue weighted by Gasteiger charge is 2.14. The van der Waals surface area contributed by atoms with E-state index in [0.717, 1.165) is 28.8 Å². The van der Waals surface area contributed by atoms with Crippen molar-refractivity contribution in [1.82, 2.24) is 9.97 Å². The summed E-state index contributed by atoms with van der Waals surface area (Å²) < 4.78 is 0. The van der Waals surface area contributed by atoms with Gasteiger partial charge >= 0.3 is 0 Å². The maximum atomic E-state index is 4.76. The summed E-state index contributed by atoms with van der Waals surface area (Å²) in [5.41, 5.74) is 2.39. The van der Waals surface area contributed by atoms with E-state index in [1.807, 2.05) is 0 Å².